The molecule has 1 atom stereocenters. The highest BCUT2D eigenvalue weighted by molar-refractivity contribution is 5.73. The predicted octanol–water partition coefficient (Wildman–Crippen LogP) is 3.17. The molecule has 1 fully saturated rings. The van der Waals surface area contributed by atoms with E-state index in [0.717, 1.165) is 18.5 Å². The zero-order chi connectivity index (χ0) is 12.8. The number of nitrogens with one attached hydrogen (secondary N) is 1. The largest absolute Gasteiger partial charge is 0.480 e. The van der Waals surface area contributed by atoms with Crippen LogP contribution in [-0.2, 0) is 4.79 Å². The van der Waals surface area contributed by atoms with E-state index in [9.17, 15) is 4.79 Å². The van der Waals surface area contributed by atoms with E-state index in [0.29, 0.717) is 18.3 Å². The van der Waals surface area contributed by atoms with Crippen molar-refractivity contribution in [2.24, 2.45) is 11.8 Å². The van der Waals surface area contributed by atoms with E-state index in [1.54, 1.807) is 0 Å². The molecule has 98 valence electrons. The van der Waals surface area contributed by atoms with Crippen molar-refractivity contribution in [2.75, 3.05) is 0 Å². The first-order chi connectivity index (χ1) is 8.00. The van der Waals surface area contributed by atoms with Crippen LogP contribution in [0.3, 0.4) is 0 Å². The molecular formula is C14H25NO2. The summed E-state index contributed by atoms with van der Waals surface area (Å²) in [5.41, 5.74) is 0.928. The average molecular weight is 239 g/mol. The monoisotopic (exact) mass is 239 g/mol. The van der Waals surface area contributed by atoms with Gasteiger partial charge in [-0.05, 0) is 31.1 Å². The highest BCUT2D eigenvalue weighted by Gasteiger charge is 2.23. The van der Waals surface area contributed by atoms with Crippen molar-refractivity contribution in [3.05, 3.63) is 12.3 Å². The number of rotatable bonds is 6. The second kappa shape index (κ2) is 6.67. The summed E-state index contributed by atoms with van der Waals surface area (Å²) < 4.78 is 0. The number of carboxylic acids is 1. The Balaban J connectivity index is 2.47. The Morgan fingerprint density at radius 3 is 2.41 bits per heavy atom. The average Bonchev–Trinajstić information content (AvgIpc) is 2.28. The Bertz CT molecular complexity index is 267. The van der Waals surface area contributed by atoms with Gasteiger partial charge in [-0.3, -0.25) is 0 Å². The van der Waals surface area contributed by atoms with Gasteiger partial charge in [0.1, 0.15) is 6.04 Å². The molecule has 0 bridgehead atoms. The number of hydrogen-bond donors (Lipinski definition) is 2. The van der Waals surface area contributed by atoms with Crippen molar-refractivity contribution in [2.45, 2.75) is 58.4 Å². The summed E-state index contributed by atoms with van der Waals surface area (Å²) in [5.74, 6) is 0.0798. The van der Waals surface area contributed by atoms with Crippen molar-refractivity contribution in [1.82, 2.24) is 5.32 Å². The molecule has 1 aliphatic carbocycles. The standard InChI is InChI=1S/C14H25NO2/c1-10(2)9-13(14(16)17)15-11(3)12-7-5-4-6-8-12/h10,12-13,15H,3-9H2,1-2H3,(H,16,17)/t13-/m0/s1. The molecule has 1 rings (SSSR count). The summed E-state index contributed by atoms with van der Waals surface area (Å²) in [6.45, 7) is 8.12. The van der Waals surface area contributed by atoms with Gasteiger partial charge in [-0.25, -0.2) is 4.79 Å². The highest BCUT2D eigenvalue weighted by atomic mass is 16.4. The van der Waals surface area contributed by atoms with E-state index < -0.39 is 12.0 Å². The number of hydrogen-bond acceptors (Lipinski definition) is 2. The van der Waals surface area contributed by atoms with Crippen molar-refractivity contribution < 1.29 is 9.90 Å². The van der Waals surface area contributed by atoms with Gasteiger partial charge in [0.25, 0.3) is 0 Å². The van der Waals surface area contributed by atoms with E-state index >= 15 is 0 Å². The van der Waals surface area contributed by atoms with Crippen LogP contribution < -0.4 is 5.32 Å². The van der Waals surface area contributed by atoms with E-state index in [-0.39, 0.29) is 0 Å². The quantitative estimate of drug-likeness (QED) is 0.748. The molecule has 0 radical (unpaired) electrons. The van der Waals surface area contributed by atoms with Crippen molar-refractivity contribution in [3.8, 4) is 0 Å². The number of allylic oxidation sites excluding steroid dienone is 1. The molecule has 1 aliphatic rings. The van der Waals surface area contributed by atoms with Crippen LogP contribution in [0, 0.1) is 11.8 Å². The van der Waals surface area contributed by atoms with Gasteiger partial charge in [-0.1, -0.05) is 39.7 Å². The summed E-state index contributed by atoms with van der Waals surface area (Å²) >= 11 is 0. The Morgan fingerprint density at radius 2 is 1.94 bits per heavy atom. The second-order valence-corrected chi connectivity index (χ2v) is 5.52. The van der Waals surface area contributed by atoms with Gasteiger partial charge in [0.15, 0.2) is 0 Å². The van der Waals surface area contributed by atoms with Crippen LogP contribution in [0.25, 0.3) is 0 Å². The molecule has 3 nitrogen and oxygen atoms in total. The Morgan fingerprint density at radius 1 is 1.35 bits per heavy atom. The van der Waals surface area contributed by atoms with Crippen LogP contribution in [0.2, 0.25) is 0 Å². The topological polar surface area (TPSA) is 49.3 Å². The first kappa shape index (κ1) is 14.1. The van der Waals surface area contributed by atoms with E-state index in [4.69, 9.17) is 5.11 Å². The molecule has 3 heteroatoms. The molecule has 0 amide bonds. The first-order valence-electron chi connectivity index (χ1n) is 6.69. The molecule has 0 spiro atoms. The van der Waals surface area contributed by atoms with Crippen molar-refractivity contribution in [1.29, 1.82) is 0 Å². The van der Waals surface area contributed by atoms with Crippen LogP contribution in [-0.4, -0.2) is 17.1 Å². The van der Waals surface area contributed by atoms with Crippen LogP contribution in [0.4, 0.5) is 0 Å². The zero-order valence-electron chi connectivity index (χ0n) is 11.0. The third-order valence-electron chi connectivity index (χ3n) is 3.46. The minimum Gasteiger partial charge on any atom is -0.480 e. The minimum atomic E-state index is -0.768. The van der Waals surface area contributed by atoms with Crippen LogP contribution in [0.15, 0.2) is 12.3 Å². The smallest absolute Gasteiger partial charge is 0.326 e. The van der Waals surface area contributed by atoms with Gasteiger partial charge < -0.3 is 10.4 Å². The molecule has 1 saturated carbocycles. The van der Waals surface area contributed by atoms with Gasteiger partial charge in [0.2, 0.25) is 0 Å². The molecule has 0 aromatic rings. The highest BCUT2D eigenvalue weighted by Crippen LogP contribution is 2.28. The third-order valence-corrected chi connectivity index (χ3v) is 3.46. The lowest BCUT2D eigenvalue weighted by Crippen LogP contribution is -2.39. The fourth-order valence-corrected chi connectivity index (χ4v) is 2.49. The summed E-state index contributed by atoms with van der Waals surface area (Å²) in [5, 5.41) is 12.3. The van der Waals surface area contributed by atoms with E-state index in [1.807, 2.05) is 13.8 Å². The Hall–Kier alpha value is -0.990. The van der Waals surface area contributed by atoms with Gasteiger partial charge in [0.05, 0.1) is 0 Å². The normalized spacial score (nSPS) is 19.0. The number of carbonyl (C=O) groups is 1. The Kier molecular flexibility index (Phi) is 5.52. The van der Waals surface area contributed by atoms with Crippen LogP contribution in [0.1, 0.15) is 52.4 Å². The van der Waals surface area contributed by atoms with Gasteiger partial charge in [-0.2, -0.15) is 0 Å². The Labute approximate surface area is 104 Å². The molecule has 2 N–H and O–H groups in total. The molecule has 0 aromatic heterocycles. The number of carboxylic acid groups (broad SMARTS) is 1. The predicted molar refractivity (Wildman–Crippen MR) is 69.7 cm³/mol. The summed E-state index contributed by atoms with van der Waals surface area (Å²) in [6, 6.07) is -0.482. The van der Waals surface area contributed by atoms with Crippen LogP contribution >= 0.6 is 0 Å². The maximum absolute atomic E-state index is 11.1. The molecular weight excluding hydrogens is 214 g/mol. The van der Waals surface area contributed by atoms with Gasteiger partial charge in [-0.15, -0.1) is 0 Å². The van der Waals surface area contributed by atoms with E-state index in [1.165, 1.54) is 19.3 Å². The SMILES string of the molecule is C=C(N[C@@H](CC(C)C)C(=O)O)C1CCCCC1. The molecule has 0 aromatic carbocycles. The second-order valence-electron chi connectivity index (χ2n) is 5.52. The lowest BCUT2D eigenvalue weighted by molar-refractivity contribution is -0.139. The summed E-state index contributed by atoms with van der Waals surface area (Å²) in [4.78, 5) is 11.1. The van der Waals surface area contributed by atoms with Crippen molar-refractivity contribution >= 4 is 5.97 Å². The maximum Gasteiger partial charge on any atom is 0.326 e. The van der Waals surface area contributed by atoms with Gasteiger partial charge in [0, 0.05) is 5.70 Å². The summed E-state index contributed by atoms with van der Waals surface area (Å²) in [6.07, 6.45) is 6.75. The van der Waals surface area contributed by atoms with E-state index in [2.05, 4.69) is 11.9 Å². The lowest BCUT2D eigenvalue weighted by Gasteiger charge is -2.27. The lowest BCUT2D eigenvalue weighted by atomic mass is 9.87. The van der Waals surface area contributed by atoms with Crippen LogP contribution in [0.5, 0.6) is 0 Å². The third kappa shape index (κ3) is 4.80. The summed E-state index contributed by atoms with van der Waals surface area (Å²) in [7, 11) is 0. The molecule has 0 saturated heterocycles. The molecule has 17 heavy (non-hydrogen) atoms. The minimum absolute atomic E-state index is 0.378. The molecule has 0 aliphatic heterocycles. The fourth-order valence-electron chi connectivity index (χ4n) is 2.49. The molecule has 0 heterocycles. The molecule has 0 unspecified atom stereocenters. The van der Waals surface area contributed by atoms with Crippen molar-refractivity contribution in [3.63, 3.8) is 0 Å². The first-order valence-corrected chi connectivity index (χ1v) is 6.69. The number of aliphatic carboxylic acids is 1. The maximum atomic E-state index is 11.1. The zero-order valence-corrected chi connectivity index (χ0v) is 11.0. The fraction of sp³-hybridized carbons (Fsp3) is 0.786. The van der Waals surface area contributed by atoms with Gasteiger partial charge >= 0.3 is 5.97 Å².